The maximum Gasteiger partial charge on any atom is 0.0991 e. The minimum Gasteiger partial charge on any atom is -0.309 e. The maximum absolute atomic E-state index is 9.92. The van der Waals surface area contributed by atoms with Gasteiger partial charge in [-0.25, -0.2) is 0 Å². The molecule has 0 N–H and O–H groups in total. The van der Waals surface area contributed by atoms with Crippen LogP contribution in [0.4, 0.5) is 0 Å². The number of hydrogen-bond donors (Lipinski definition) is 0. The monoisotopic (exact) mass is 895 g/mol. The Morgan fingerprint density at radius 3 is 1.23 bits per heavy atom. The lowest BCUT2D eigenvalue weighted by Crippen LogP contribution is -2.32. The van der Waals surface area contributed by atoms with Gasteiger partial charge < -0.3 is 13.7 Å². The van der Waals surface area contributed by atoms with Crippen molar-refractivity contribution in [2.75, 3.05) is 0 Å². The fraction of sp³-hybridized carbons (Fsp3) is 0.0164. The van der Waals surface area contributed by atoms with Crippen LogP contribution in [-0.4, -0.2) is 23.7 Å². The molecule has 2 aliphatic rings. The van der Waals surface area contributed by atoms with Gasteiger partial charge in [0.05, 0.1) is 73.2 Å². The van der Waals surface area contributed by atoms with Crippen molar-refractivity contribution in [3.63, 3.8) is 0 Å². The van der Waals surface area contributed by atoms with Gasteiger partial charge in [-0.2, -0.15) is 10.5 Å². The Morgan fingerprint density at radius 2 is 0.754 bits per heavy atom. The lowest BCUT2D eigenvalue weighted by molar-refractivity contribution is 0.718. The summed E-state index contributed by atoms with van der Waals surface area (Å²) in [6, 6.07) is 71.7. The van der Waals surface area contributed by atoms with Crippen molar-refractivity contribution >= 4 is 77.2 Å². The molecule has 6 heterocycles. The number of benzene rings is 8. The molecule has 0 amide bonds. The third kappa shape index (κ3) is 5.00. The molecule has 1 spiro atoms. The zero-order chi connectivity index (χ0) is 45.5. The minimum atomic E-state index is -0.692. The van der Waals surface area contributed by atoms with Crippen LogP contribution in [0.3, 0.4) is 0 Å². The van der Waals surface area contributed by atoms with Crippen molar-refractivity contribution < 1.29 is 0 Å². The number of para-hydroxylation sites is 3. The van der Waals surface area contributed by atoms with Gasteiger partial charge in [-0.05, 0) is 131 Å². The summed E-state index contributed by atoms with van der Waals surface area (Å²) >= 11 is 1.80. The van der Waals surface area contributed by atoms with Crippen molar-refractivity contribution in [3.8, 4) is 40.6 Å². The van der Waals surface area contributed by atoms with Crippen LogP contribution in [0.2, 0.25) is 0 Å². The van der Waals surface area contributed by atoms with E-state index in [0.29, 0.717) is 11.1 Å². The Morgan fingerprint density at radius 1 is 0.362 bits per heavy atom. The van der Waals surface area contributed by atoms with Gasteiger partial charge in [0.1, 0.15) is 0 Å². The molecule has 1 aliphatic heterocycles. The van der Waals surface area contributed by atoms with Gasteiger partial charge in [0.25, 0.3) is 0 Å². The second-order valence-electron chi connectivity index (χ2n) is 18.0. The van der Waals surface area contributed by atoms with Gasteiger partial charge in [-0.3, -0.25) is 9.97 Å². The van der Waals surface area contributed by atoms with E-state index in [4.69, 9.17) is 9.97 Å². The first-order chi connectivity index (χ1) is 34.1. The summed E-state index contributed by atoms with van der Waals surface area (Å²) in [4.78, 5) is 12.3. The molecule has 0 bridgehead atoms. The average molecular weight is 896 g/mol. The Labute approximate surface area is 399 Å². The number of pyridine rings is 2. The van der Waals surface area contributed by atoms with Crippen molar-refractivity contribution in [1.29, 1.82) is 10.5 Å². The van der Waals surface area contributed by atoms with Crippen LogP contribution >= 0.6 is 11.8 Å². The second-order valence-corrected chi connectivity index (χ2v) is 19.0. The fourth-order valence-corrected chi connectivity index (χ4v) is 13.1. The molecule has 318 valence electrons. The third-order valence-electron chi connectivity index (χ3n) is 14.6. The van der Waals surface area contributed by atoms with E-state index in [1.807, 2.05) is 60.9 Å². The number of rotatable bonds is 3. The van der Waals surface area contributed by atoms with Gasteiger partial charge in [-0.1, -0.05) is 90.6 Å². The molecule has 0 unspecified atom stereocenters. The highest BCUT2D eigenvalue weighted by molar-refractivity contribution is 7.99. The van der Waals surface area contributed by atoms with Crippen LogP contribution in [0.1, 0.15) is 33.4 Å². The van der Waals surface area contributed by atoms with Gasteiger partial charge >= 0.3 is 0 Å². The lowest BCUT2D eigenvalue weighted by Gasteiger charge is -2.39. The summed E-state index contributed by atoms with van der Waals surface area (Å²) in [6.45, 7) is 0. The molecule has 15 rings (SSSR count). The average Bonchev–Trinajstić information content (AvgIpc) is 4.12. The van der Waals surface area contributed by atoms with Crippen LogP contribution in [0.25, 0.3) is 93.9 Å². The van der Waals surface area contributed by atoms with E-state index in [1.54, 1.807) is 11.8 Å². The summed E-state index contributed by atoms with van der Waals surface area (Å²) in [5, 5.41) is 26.6. The summed E-state index contributed by atoms with van der Waals surface area (Å²) in [6.07, 6.45) is 3.74. The minimum absolute atomic E-state index is 0.576. The molecule has 13 aromatic rings. The molecule has 69 heavy (non-hydrogen) atoms. The third-order valence-corrected chi connectivity index (χ3v) is 15.8. The van der Waals surface area contributed by atoms with Gasteiger partial charge in [0.2, 0.25) is 0 Å². The molecule has 8 heteroatoms. The zero-order valence-electron chi connectivity index (χ0n) is 36.6. The molecule has 0 fully saturated rings. The van der Waals surface area contributed by atoms with Crippen LogP contribution in [0.5, 0.6) is 0 Å². The van der Waals surface area contributed by atoms with Gasteiger partial charge in [-0.15, -0.1) is 0 Å². The fourth-order valence-electron chi connectivity index (χ4n) is 11.9. The van der Waals surface area contributed by atoms with E-state index in [0.717, 1.165) is 82.2 Å². The lowest BCUT2D eigenvalue weighted by atomic mass is 9.67. The van der Waals surface area contributed by atoms with Crippen molar-refractivity contribution in [1.82, 2.24) is 23.7 Å². The Balaban J connectivity index is 0.964. The molecule has 0 atom stereocenters. The summed E-state index contributed by atoms with van der Waals surface area (Å²) in [5.74, 6) is 0. The summed E-state index contributed by atoms with van der Waals surface area (Å²) in [5.41, 5.74) is 16.6. The SMILES string of the molecule is N#Cc1ccc2c(c1)c1cc(C#N)ccc1n2-c1ccc2c(c1)Sc1cc(-n3c4ccccc4c4cc(-n5c6ccccc6c6ccccc65)ccc43)ccc1C21c2cccnc2-c2ncccc21. The molecular formula is C61H33N7S. The standard InChI is InChI=1S/C61H33N7S/c62-34-36-17-24-54-44(29-36)45-30-37(35-63)18-25-55(45)68(54)40-20-23-48-58(33-40)69-57-32-39(19-22-47(57)61(48)49-12-7-27-64-59(49)60-50(61)13-8-28-65-60)67-53-16-6-3-11-43(53)46-31-38(21-26-56(46)67)66-51-14-4-1-9-41(51)42-10-2-5-15-52(42)66/h1-33H. The highest BCUT2D eigenvalue weighted by Crippen LogP contribution is 2.62. The quantitative estimate of drug-likeness (QED) is 0.176. The second kappa shape index (κ2) is 13.9. The number of hydrogen-bond acceptors (Lipinski definition) is 5. The first-order valence-electron chi connectivity index (χ1n) is 22.9. The number of aromatic nitrogens is 5. The van der Waals surface area contributed by atoms with Crippen LogP contribution in [-0.2, 0) is 5.41 Å². The topological polar surface area (TPSA) is 88.1 Å². The number of nitrogens with zero attached hydrogens (tertiary/aromatic N) is 7. The predicted octanol–water partition coefficient (Wildman–Crippen LogP) is 14.3. The van der Waals surface area contributed by atoms with Crippen LogP contribution < -0.4 is 0 Å². The van der Waals surface area contributed by atoms with E-state index in [1.165, 1.54) is 43.7 Å². The van der Waals surface area contributed by atoms with Gasteiger partial charge in [0.15, 0.2) is 0 Å². The Hall–Kier alpha value is -9.21. The number of fused-ring (bicyclic) bond motifs is 18. The van der Waals surface area contributed by atoms with Crippen molar-refractivity contribution in [2.45, 2.75) is 15.2 Å². The van der Waals surface area contributed by atoms with Crippen molar-refractivity contribution in [2.24, 2.45) is 0 Å². The predicted molar refractivity (Wildman–Crippen MR) is 276 cm³/mol. The zero-order valence-corrected chi connectivity index (χ0v) is 37.4. The maximum atomic E-state index is 9.92. The molecular weight excluding hydrogens is 863 g/mol. The highest BCUT2D eigenvalue weighted by Gasteiger charge is 2.51. The summed E-state index contributed by atoms with van der Waals surface area (Å²) in [7, 11) is 0. The van der Waals surface area contributed by atoms with E-state index >= 15 is 0 Å². The van der Waals surface area contributed by atoms with Crippen LogP contribution in [0.15, 0.2) is 210 Å². The normalized spacial score (nSPS) is 13.2. The van der Waals surface area contributed by atoms with E-state index < -0.39 is 5.41 Å². The largest absolute Gasteiger partial charge is 0.309 e. The molecule has 0 saturated carbocycles. The smallest absolute Gasteiger partial charge is 0.0991 e. The molecule has 5 aromatic heterocycles. The van der Waals surface area contributed by atoms with E-state index in [9.17, 15) is 10.5 Å². The number of nitriles is 2. The highest BCUT2D eigenvalue weighted by atomic mass is 32.2. The van der Waals surface area contributed by atoms with E-state index in [2.05, 4.69) is 165 Å². The van der Waals surface area contributed by atoms with Gasteiger partial charge in [0, 0.05) is 71.6 Å². The molecule has 1 aliphatic carbocycles. The molecule has 0 radical (unpaired) electrons. The molecule has 8 aromatic carbocycles. The molecule has 7 nitrogen and oxygen atoms in total. The van der Waals surface area contributed by atoms with Crippen molar-refractivity contribution in [3.05, 3.63) is 234 Å². The Kier molecular flexibility index (Phi) is 7.65. The first kappa shape index (κ1) is 38.0. The summed E-state index contributed by atoms with van der Waals surface area (Å²) < 4.78 is 7.07. The molecule has 0 saturated heterocycles. The first-order valence-corrected chi connectivity index (χ1v) is 23.7. The van der Waals surface area contributed by atoms with E-state index in [-0.39, 0.29) is 0 Å². The van der Waals surface area contributed by atoms with Crippen LogP contribution in [0, 0.1) is 22.7 Å². The Bertz CT molecular complexity index is 4350.